The molecule has 5 nitrogen and oxygen atoms in total. The molecule has 0 aliphatic carbocycles. The van der Waals surface area contributed by atoms with E-state index in [1.54, 1.807) is 18.7 Å². The largest absolute Gasteiger partial charge is 0.445 e. The highest BCUT2D eigenvalue weighted by molar-refractivity contribution is 6.06. The lowest BCUT2D eigenvalue weighted by Crippen LogP contribution is -1.77. The number of rotatable bonds is 1. The summed E-state index contributed by atoms with van der Waals surface area (Å²) in [5.74, 6) is 0.614. The van der Waals surface area contributed by atoms with Gasteiger partial charge < -0.3 is 9.40 Å². The van der Waals surface area contributed by atoms with Gasteiger partial charge in [-0.1, -0.05) is 0 Å². The highest BCUT2D eigenvalue weighted by atomic mass is 16.3. The van der Waals surface area contributed by atoms with Gasteiger partial charge in [-0.25, -0.2) is 15.0 Å². The summed E-state index contributed by atoms with van der Waals surface area (Å²) in [6.45, 7) is 0. The fourth-order valence-electron chi connectivity index (χ4n) is 2.13. The van der Waals surface area contributed by atoms with E-state index in [2.05, 4.69) is 19.9 Å². The van der Waals surface area contributed by atoms with Gasteiger partial charge in [0.25, 0.3) is 0 Å². The van der Waals surface area contributed by atoms with Crippen LogP contribution in [0.25, 0.3) is 33.4 Å². The first-order chi connectivity index (χ1) is 8.92. The molecule has 4 aromatic rings. The molecular formula is C13H8N4O. The van der Waals surface area contributed by atoms with Crippen LogP contribution in [0.15, 0.2) is 47.6 Å². The molecule has 0 aliphatic heterocycles. The van der Waals surface area contributed by atoms with Crippen LogP contribution in [0.4, 0.5) is 0 Å². The third kappa shape index (κ3) is 1.24. The van der Waals surface area contributed by atoms with Gasteiger partial charge in [-0.15, -0.1) is 0 Å². The molecule has 18 heavy (non-hydrogen) atoms. The smallest absolute Gasteiger partial charge is 0.225 e. The van der Waals surface area contributed by atoms with Crippen LogP contribution < -0.4 is 0 Å². The Bertz CT molecular complexity index is 833. The van der Waals surface area contributed by atoms with Gasteiger partial charge in [-0.05, 0) is 18.2 Å². The molecule has 0 saturated carbocycles. The van der Waals surface area contributed by atoms with Crippen molar-refractivity contribution in [1.29, 1.82) is 0 Å². The van der Waals surface area contributed by atoms with Crippen LogP contribution in [-0.2, 0) is 0 Å². The molecular weight excluding hydrogens is 228 g/mol. The molecule has 0 saturated heterocycles. The lowest BCUT2D eigenvalue weighted by atomic mass is 10.1. The van der Waals surface area contributed by atoms with Crippen molar-refractivity contribution >= 4 is 21.9 Å². The van der Waals surface area contributed by atoms with Crippen molar-refractivity contribution in [2.24, 2.45) is 0 Å². The predicted octanol–water partition coefficient (Wildman–Crippen LogP) is 2.77. The topological polar surface area (TPSA) is 67.6 Å². The van der Waals surface area contributed by atoms with Crippen molar-refractivity contribution in [2.75, 3.05) is 0 Å². The summed E-state index contributed by atoms with van der Waals surface area (Å²) < 4.78 is 5.30. The maximum atomic E-state index is 5.30. The van der Waals surface area contributed by atoms with Crippen LogP contribution in [0.1, 0.15) is 0 Å². The first kappa shape index (κ1) is 9.35. The van der Waals surface area contributed by atoms with Crippen molar-refractivity contribution < 1.29 is 4.42 Å². The summed E-state index contributed by atoms with van der Waals surface area (Å²) in [5, 5.41) is 2.07. The number of hydrogen-bond acceptors (Lipinski definition) is 4. The average Bonchev–Trinajstić information content (AvgIpc) is 3.05. The number of nitrogens with one attached hydrogen (secondary N) is 1. The van der Waals surface area contributed by atoms with E-state index in [-0.39, 0.29) is 0 Å². The fourth-order valence-corrected chi connectivity index (χ4v) is 2.13. The second-order valence-electron chi connectivity index (χ2n) is 4.01. The van der Waals surface area contributed by atoms with Gasteiger partial charge in [0.2, 0.25) is 5.89 Å². The number of benzene rings is 1. The summed E-state index contributed by atoms with van der Waals surface area (Å²) in [5.41, 5.74) is 2.81. The van der Waals surface area contributed by atoms with Crippen LogP contribution >= 0.6 is 0 Å². The number of H-pyrrole nitrogens is 1. The second kappa shape index (κ2) is 3.40. The van der Waals surface area contributed by atoms with Gasteiger partial charge >= 0.3 is 0 Å². The Labute approximate surface area is 102 Å². The van der Waals surface area contributed by atoms with Crippen molar-refractivity contribution in [3.8, 4) is 11.5 Å². The Kier molecular flexibility index (Phi) is 1.77. The Morgan fingerprint density at radius 2 is 2.11 bits per heavy atom. The molecule has 0 fully saturated rings. The van der Waals surface area contributed by atoms with Gasteiger partial charge in [0.05, 0.1) is 6.20 Å². The molecule has 0 unspecified atom stereocenters. The molecule has 3 heterocycles. The van der Waals surface area contributed by atoms with Crippen LogP contribution in [0.3, 0.4) is 0 Å². The minimum absolute atomic E-state index is 0.614. The third-order valence-corrected chi connectivity index (χ3v) is 2.95. The van der Waals surface area contributed by atoms with Crippen LogP contribution in [-0.4, -0.2) is 19.9 Å². The van der Waals surface area contributed by atoms with Crippen molar-refractivity contribution in [1.82, 2.24) is 19.9 Å². The maximum Gasteiger partial charge on any atom is 0.225 e. The molecule has 1 N–H and O–H groups in total. The lowest BCUT2D eigenvalue weighted by Gasteiger charge is -1.96. The maximum absolute atomic E-state index is 5.30. The minimum Gasteiger partial charge on any atom is -0.445 e. The number of aromatic amines is 1. The first-order valence-electron chi connectivity index (χ1n) is 5.53. The molecule has 1 aromatic carbocycles. The summed E-state index contributed by atoms with van der Waals surface area (Å²) in [7, 11) is 0. The van der Waals surface area contributed by atoms with Crippen LogP contribution in [0.2, 0.25) is 0 Å². The Balaban J connectivity index is 2.07. The molecule has 5 heteroatoms. The number of fused-ring (bicyclic) bond motifs is 3. The Morgan fingerprint density at radius 1 is 1.11 bits per heavy atom. The van der Waals surface area contributed by atoms with E-state index in [1.165, 1.54) is 6.33 Å². The van der Waals surface area contributed by atoms with E-state index in [1.807, 2.05) is 18.2 Å². The number of nitrogens with zero attached hydrogens (tertiary/aromatic N) is 3. The van der Waals surface area contributed by atoms with Crippen molar-refractivity contribution in [2.45, 2.75) is 0 Å². The average molecular weight is 236 g/mol. The molecule has 0 spiro atoms. The van der Waals surface area contributed by atoms with Crippen molar-refractivity contribution in [3.05, 3.63) is 43.2 Å². The number of hydrogen-bond donors (Lipinski definition) is 1. The minimum atomic E-state index is 0.614. The molecule has 3 aromatic heterocycles. The molecule has 4 rings (SSSR count). The summed E-state index contributed by atoms with van der Waals surface area (Å²) >= 11 is 0. The SMILES string of the molecule is c1coc(-c2ccc3[nH]c4ncncc4c3c2)n1. The zero-order valence-corrected chi connectivity index (χ0v) is 9.29. The fraction of sp³-hybridized carbons (Fsp3) is 0. The Morgan fingerprint density at radius 3 is 3.00 bits per heavy atom. The predicted molar refractivity (Wildman–Crippen MR) is 66.9 cm³/mol. The Hall–Kier alpha value is -2.69. The van der Waals surface area contributed by atoms with E-state index in [0.717, 1.165) is 27.5 Å². The highest BCUT2D eigenvalue weighted by Gasteiger charge is 2.08. The van der Waals surface area contributed by atoms with Gasteiger partial charge in [0.1, 0.15) is 18.2 Å². The number of oxazole rings is 1. The molecule has 0 aliphatic rings. The van der Waals surface area contributed by atoms with Crippen LogP contribution in [0.5, 0.6) is 0 Å². The highest BCUT2D eigenvalue weighted by Crippen LogP contribution is 2.27. The van der Waals surface area contributed by atoms with E-state index in [0.29, 0.717) is 5.89 Å². The monoisotopic (exact) mass is 236 g/mol. The van der Waals surface area contributed by atoms with E-state index in [4.69, 9.17) is 4.42 Å². The lowest BCUT2D eigenvalue weighted by molar-refractivity contribution is 0.574. The van der Waals surface area contributed by atoms with Gasteiger partial charge in [-0.3, -0.25) is 0 Å². The summed E-state index contributed by atoms with van der Waals surface area (Å²) in [6, 6.07) is 6.00. The van der Waals surface area contributed by atoms with E-state index in [9.17, 15) is 0 Å². The van der Waals surface area contributed by atoms with Gasteiger partial charge in [-0.2, -0.15) is 0 Å². The van der Waals surface area contributed by atoms with Crippen LogP contribution in [0, 0.1) is 0 Å². The third-order valence-electron chi connectivity index (χ3n) is 2.95. The molecule has 0 atom stereocenters. The number of aromatic nitrogens is 4. The standard InChI is InChI=1S/C13H8N4O/c1-2-11-9(5-8(1)13-15-3-4-18-13)10-6-14-7-16-12(10)17-11/h1-7H,(H,14,16,17). The van der Waals surface area contributed by atoms with Crippen molar-refractivity contribution in [3.63, 3.8) is 0 Å². The zero-order chi connectivity index (χ0) is 11.9. The molecule has 0 radical (unpaired) electrons. The summed E-state index contributed by atoms with van der Waals surface area (Å²) in [4.78, 5) is 15.7. The molecule has 86 valence electrons. The quantitative estimate of drug-likeness (QED) is 0.551. The van der Waals surface area contributed by atoms with Gasteiger partial charge in [0, 0.05) is 28.0 Å². The normalized spacial score (nSPS) is 11.3. The van der Waals surface area contributed by atoms with E-state index >= 15 is 0 Å². The van der Waals surface area contributed by atoms with Gasteiger partial charge in [0.15, 0.2) is 0 Å². The molecule has 0 bridgehead atoms. The van der Waals surface area contributed by atoms with E-state index < -0.39 is 0 Å². The first-order valence-corrected chi connectivity index (χ1v) is 5.53. The molecule has 0 amide bonds. The second-order valence-corrected chi connectivity index (χ2v) is 4.01. The summed E-state index contributed by atoms with van der Waals surface area (Å²) in [6.07, 6.45) is 6.54. The zero-order valence-electron chi connectivity index (χ0n) is 9.29.